The topological polar surface area (TPSA) is 72.2 Å². The molecular weight excluding hydrogens is 306 g/mol. The van der Waals surface area contributed by atoms with Crippen LogP contribution in [0.15, 0.2) is 12.1 Å². The zero-order valence-corrected chi connectivity index (χ0v) is 12.1. The first-order valence-electron chi connectivity index (χ1n) is 6.34. The number of halogens is 3. The van der Waals surface area contributed by atoms with Crippen molar-refractivity contribution in [2.24, 2.45) is 5.92 Å². The quantitative estimate of drug-likeness (QED) is 0.363. The van der Waals surface area contributed by atoms with E-state index in [1.807, 2.05) is 6.92 Å². The molecule has 1 unspecified atom stereocenters. The predicted octanol–water partition coefficient (Wildman–Crippen LogP) is 3.26. The average molecular weight is 321 g/mol. The number of nitrogens with one attached hydrogen (secondary N) is 1. The van der Waals surface area contributed by atoms with E-state index in [0.717, 1.165) is 6.42 Å². The van der Waals surface area contributed by atoms with Gasteiger partial charge in [-0.05, 0) is 24.8 Å². The summed E-state index contributed by atoms with van der Waals surface area (Å²) in [7, 11) is 0. The van der Waals surface area contributed by atoms with Crippen LogP contribution >= 0.6 is 11.6 Å². The Balaban J connectivity index is 2.72. The largest absolute Gasteiger partial charge is 0.352 e. The maximum atomic E-state index is 13.8. The number of rotatable bonds is 7. The number of nitrogens with zero attached hydrogens (tertiary/aromatic N) is 1. The number of carbonyl (C=O) groups is 1. The molecule has 0 saturated heterocycles. The first-order chi connectivity index (χ1) is 9.86. The van der Waals surface area contributed by atoms with Gasteiger partial charge < -0.3 is 5.32 Å². The van der Waals surface area contributed by atoms with Gasteiger partial charge >= 0.3 is 5.69 Å². The second-order valence-corrected chi connectivity index (χ2v) is 5.01. The zero-order chi connectivity index (χ0) is 16.0. The average Bonchev–Trinajstić information content (AvgIpc) is 2.44. The van der Waals surface area contributed by atoms with E-state index in [4.69, 9.17) is 11.6 Å². The second kappa shape index (κ2) is 7.87. The number of hydrogen-bond acceptors (Lipinski definition) is 3. The lowest BCUT2D eigenvalue weighted by Crippen LogP contribution is -2.26. The van der Waals surface area contributed by atoms with Crippen LogP contribution in [0.3, 0.4) is 0 Å². The van der Waals surface area contributed by atoms with Gasteiger partial charge in [0.1, 0.15) is 5.82 Å². The van der Waals surface area contributed by atoms with E-state index in [2.05, 4.69) is 5.32 Å². The Bertz CT molecular complexity index is 540. The SMILES string of the molecule is CC(CCl)CCCNC(=O)c1cc(F)cc([N+](=O)[O-])c1F. The third-order valence-corrected chi connectivity index (χ3v) is 3.41. The standard InChI is InChI=1S/C13H15ClF2N2O3/c1-8(7-14)3-2-4-17-13(19)10-5-9(15)6-11(12(10)16)18(20)21/h5-6,8H,2-4,7H2,1H3,(H,17,19). The lowest BCUT2D eigenvalue weighted by Gasteiger charge is -2.09. The maximum Gasteiger partial charge on any atom is 0.308 e. The predicted molar refractivity (Wildman–Crippen MR) is 74.5 cm³/mol. The van der Waals surface area contributed by atoms with Crippen molar-refractivity contribution in [3.8, 4) is 0 Å². The van der Waals surface area contributed by atoms with Crippen molar-refractivity contribution in [2.45, 2.75) is 19.8 Å². The molecule has 1 N–H and O–H groups in total. The third-order valence-electron chi connectivity index (χ3n) is 2.88. The van der Waals surface area contributed by atoms with Crippen molar-refractivity contribution in [3.63, 3.8) is 0 Å². The molecule has 0 heterocycles. The van der Waals surface area contributed by atoms with Crippen LogP contribution in [-0.2, 0) is 0 Å². The van der Waals surface area contributed by atoms with Gasteiger partial charge in [0.2, 0.25) is 5.82 Å². The van der Waals surface area contributed by atoms with Crippen molar-refractivity contribution in [3.05, 3.63) is 39.4 Å². The summed E-state index contributed by atoms with van der Waals surface area (Å²) in [6, 6.07) is 1.08. The molecule has 1 aromatic carbocycles. The van der Waals surface area contributed by atoms with E-state index in [0.29, 0.717) is 24.4 Å². The van der Waals surface area contributed by atoms with Crippen molar-refractivity contribution in [1.82, 2.24) is 5.32 Å². The van der Waals surface area contributed by atoms with Crippen molar-refractivity contribution >= 4 is 23.2 Å². The molecule has 8 heteroatoms. The number of amides is 1. The maximum absolute atomic E-state index is 13.8. The van der Waals surface area contributed by atoms with E-state index in [-0.39, 0.29) is 12.5 Å². The fourth-order valence-electron chi connectivity index (χ4n) is 1.70. The van der Waals surface area contributed by atoms with Gasteiger partial charge in [-0.15, -0.1) is 11.6 Å². The van der Waals surface area contributed by atoms with Crippen LogP contribution in [-0.4, -0.2) is 23.3 Å². The number of nitro benzene ring substituents is 1. The number of hydrogen-bond donors (Lipinski definition) is 1. The highest BCUT2D eigenvalue weighted by Crippen LogP contribution is 2.22. The molecule has 1 rings (SSSR count). The van der Waals surface area contributed by atoms with Crippen LogP contribution in [0.25, 0.3) is 0 Å². The molecule has 0 aliphatic carbocycles. The van der Waals surface area contributed by atoms with Gasteiger partial charge in [0.25, 0.3) is 5.91 Å². The molecule has 1 atom stereocenters. The van der Waals surface area contributed by atoms with Gasteiger partial charge in [-0.3, -0.25) is 14.9 Å². The first kappa shape index (κ1) is 17.3. The number of carbonyl (C=O) groups excluding carboxylic acids is 1. The summed E-state index contributed by atoms with van der Waals surface area (Å²) in [5.41, 5.74) is -1.73. The molecule has 5 nitrogen and oxygen atoms in total. The van der Waals surface area contributed by atoms with Gasteiger partial charge in [0.05, 0.1) is 16.6 Å². The third kappa shape index (κ3) is 4.93. The van der Waals surface area contributed by atoms with E-state index in [1.165, 1.54) is 0 Å². The van der Waals surface area contributed by atoms with Gasteiger partial charge in [-0.1, -0.05) is 6.92 Å². The molecule has 0 bridgehead atoms. The number of nitro groups is 1. The summed E-state index contributed by atoms with van der Waals surface area (Å²) in [6.45, 7) is 2.20. The van der Waals surface area contributed by atoms with Gasteiger partial charge in [0, 0.05) is 12.4 Å². The summed E-state index contributed by atoms with van der Waals surface area (Å²) >= 11 is 5.63. The molecular formula is C13H15ClF2N2O3. The lowest BCUT2D eigenvalue weighted by molar-refractivity contribution is -0.387. The highest BCUT2D eigenvalue weighted by atomic mass is 35.5. The van der Waals surface area contributed by atoms with Gasteiger partial charge in [-0.2, -0.15) is 4.39 Å². The van der Waals surface area contributed by atoms with Crippen LogP contribution < -0.4 is 5.32 Å². The molecule has 0 saturated carbocycles. The highest BCUT2D eigenvalue weighted by molar-refractivity contribution is 6.18. The number of alkyl halides is 1. The van der Waals surface area contributed by atoms with E-state index in [1.54, 1.807) is 0 Å². The summed E-state index contributed by atoms with van der Waals surface area (Å²) in [5, 5.41) is 13.0. The Labute approximate surface area is 125 Å². The Morgan fingerprint density at radius 2 is 2.14 bits per heavy atom. The molecule has 0 fully saturated rings. The van der Waals surface area contributed by atoms with E-state index >= 15 is 0 Å². The number of benzene rings is 1. The van der Waals surface area contributed by atoms with Crippen molar-refractivity contribution in [2.75, 3.05) is 12.4 Å². The summed E-state index contributed by atoms with van der Waals surface area (Å²) in [6.07, 6.45) is 1.40. The lowest BCUT2D eigenvalue weighted by atomic mass is 10.1. The fraction of sp³-hybridized carbons (Fsp3) is 0.462. The van der Waals surface area contributed by atoms with Gasteiger partial charge in [-0.25, -0.2) is 4.39 Å². The first-order valence-corrected chi connectivity index (χ1v) is 6.87. The van der Waals surface area contributed by atoms with Crippen molar-refractivity contribution < 1.29 is 18.5 Å². The minimum atomic E-state index is -1.34. The van der Waals surface area contributed by atoms with Gasteiger partial charge in [0.15, 0.2) is 0 Å². The molecule has 1 amide bonds. The van der Waals surface area contributed by atoms with Crippen LogP contribution in [0.4, 0.5) is 14.5 Å². The summed E-state index contributed by atoms with van der Waals surface area (Å²) in [4.78, 5) is 21.2. The van der Waals surface area contributed by atoms with Crippen LogP contribution in [0.5, 0.6) is 0 Å². The molecule has 1 aromatic rings. The van der Waals surface area contributed by atoms with Crippen LogP contribution in [0.1, 0.15) is 30.1 Å². The Morgan fingerprint density at radius 3 is 2.71 bits per heavy atom. The minimum Gasteiger partial charge on any atom is -0.352 e. The molecule has 0 aliphatic heterocycles. The summed E-state index contributed by atoms with van der Waals surface area (Å²) in [5.74, 6) is -2.47. The monoisotopic (exact) mass is 320 g/mol. The van der Waals surface area contributed by atoms with Crippen LogP contribution in [0.2, 0.25) is 0 Å². The van der Waals surface area contributed by atoms with E-state index < -0.39 is 33.7 Å². The van der Waals surface area contributed by atoms with Crippen molar-refractivity contribution in [1.29, 1.82) is 0 Å². The van der Waals surface area contributed by atoms with E-state index in [9.17, 15) is 23.7 Å². The molecule has 116 valence electrons. The van der Waals surface area contributed by atoms with Crippen LogP contribution in [0, 0.1) is 27.7 Å². The molecule has 0 aromatic heterocycles. The Hall–Kier alpha value is -1.76. The zero-order valence-electron chi connectivity index (χ0n) is 11.4. The molecule has 0 spiro atoms. The molecule has 0 aliphatic rings. The normalized spacial score (nSPS) is 12.0. The second-order valence-electron chi connectivity index (χ2n) is 4.70. The smallest absolute Gasteiger partial charge is 0.308 e. The highest BCUT2D eigenvalue weighted by Gasteiger charge is 2.23. The fourth-order valence-corrected chi connectivity index (χ4v) is 1.85. The molecule has 0 radical (unpaired) electrons. The Morgan fingerprint density at radius 1 is 1.48 bits per heavy atom. The Kier molecular flexibility index (Phi) is 6.48. The molecule has 21 heavy (non-hydrogen) atoms. The summed E-state index contributed by atoms with van der Waals surface area (Å²) < 4.78 is 27.0. The minimum absolute atomic E-state index is 0.254.